The van der Waals surface area contributed by atoms with Gasteiger partial charge in [-0.2, -0.15) is 0 Å². The molecule has 1 heterocycles. The lowest BCUT2D eigenvalue weighted by Crippen LogP contribution is -2.18. The van der Waals surface area contributed by atoms with E-state index in [0.717, 1.165) is 23.5 Å². The first-order valence-electron chi connectivity index (χ1n) is 11.2. The van der Waals surface area contributed by atoms with Gasteiger partial charge in [0.1, 0.15) is 12.4 Å². The van der Waals surface area contributed by atoms with Gasteiger partial charge in [0.15, 0.2) is 0 Å². The molecule has 0 spiro atoms. The molecular weight excluding hydrogens is 477 g/mol. The maximum atomic E-state index is 13.3. The van der Waals surface area contributed by atoms with Crippen LogP contribution in [0, 0.1) is 5.82 Å². The summed E-state index contributed by atoms with van der Waals surface area (Å²) in [5.41, 5.74) is 3.07. The molecule has 2 N–H and O–H groups in total. The van der Waals surface area contributed by atoms with E-state index in [9.17, 15) is 17.6 Å². The summed E-state index contributed by atoms with van der Waals surface area (Å²) >= 11 is 0. The van der Waals surface area contributed by atoms with Gasteiger partial charge in [-0.1, -0.05) is 36.4 Å². The lowest BCUT2D eigenvalue weighted by molar-refractivity contribution is -0.116. The summed E-state index contributed by atoms with van der Waals surface area (Å²) in [6, 6.07) is 28.7. The van der Waals surface area contributed by atoms with Crippen LogP contribution in [0.2, 0.25) is 0 Å². The van der Waals surface area contributed by atoms with Crippen LogP contribution in [-0.2, 0) is 21.2 Å². The summed E-state index contributed by atoms with van der Waals surface area (Å²) in [7, 11) is -3.91. The summed E-state index contributed by atoms with van der Waals surface area (Å²) in [5, 5.41) is 6.63. The Balaban J connectivity index is 1.35. The average molecular weight is 500 g/mol. The molecule has 0 aliphatic rings. The molecule has 0 aliphatic heterocycles. The van der Waals surface area contributed by atoms with Crippen LogP contribution >= 0.6 is 0 Å². The summed E-state index contributed by atoms with van der Waals surface area (Å²) in [6.07, 6.45) is 1.45. The highest BCUT2D eigenvalue weighted by Crippen LogP contribution is 2.30. The van der Waals surface area contributed by atoms with Crippen LogP contribution in [0.25, 0.3) is 10.9 Å². The minimum atomic E-state index is -3.91. The Kier molecular flexibility index (Phi) is 6.26. The molecule has 5 aromatic rings. The van der Waals surface area contributed by atoms with Gasteiger partial charge in [-0.05, 0) is 66.7 Å². The number of benzene rings is 4. The van der Waals surface area contributed by atoms with Gasteiger partial charge in [0.05, 0.1) is 9.79 Å². The number of halogens is 1. The normalized spacial score (nSPS) is 11.4. The molecule has 0 bridgehead atoms. The molecular formula is C28H22FN3O3S. The second-order valence-electron chi connectivity index (χ2n) is 8.21. The van der Waals surface area contributed by atoms with E-state index in [2.05, 4.69) is 10.6 Å². The maximum Gasteiger partial charge on any atom is 0.244 e. The molecule has 0 aliphatic carbocycles. The van der Waals surface area contributed by atoms with Gasteiger partial charge in [0.25, 0.3) is 0 Å². The predicted octanol–water partition coefficient (Wildman–Crippen LogP) is 6.00. The van der Waals surface area contributed by atoms with E-state index in [1.807, 2.05) is 42.5 Å². The van der Waals surface area contributed by atoms with Gasteiger partial charge in [-0.3, -0.25) is 4.79 Å². The number of para-hydroxylation sites is 2. The van der Waals surface area contributed by atoms with E-state index in [1.165, 1.54) is 18.3 Å². The second-order valence-corrected chi connectivity index (χ2v) is 10.1. The minimum absolute atomic E-state index is 0.0135. The van der Waals surface area contributed by atoms with Crippen molar-refractivity contribution in [2.45, 2.75) is 16.3 Å². The Morgan fingerprint density at radius 1 is 0.750 bits per heavy atom. The van der Waals surface area contributed by atoms with E-state index in [4.69, 9.17) is 0 Å². The Labute approximate surface area is 207 Å². The van der Waals surface area contributed by atoms with Crippen LogP contribution < -0.4 is 10.6 Å². The van der Waals surface area contributed by atoms with E-state index in [0.29, 0.717) is 16.6 Å². The number of fused-ring (bicyclic) bond motifs is 1. The number of hydrogen-bond donors (Lipinski definition) is 2. The van der Waals surface area contributed by atoms with Crippen molar-refractivity contribution in [3.8, 4) is 0 Å². The van der Waals surface area contributed by atoms with Crippen molar-refractivity contribution in [1.29, 1.82) is 0 Å². The number of anilines is 3. The zero-order chi connectivity index (χ0) is 25.1. The van der Waals surface area contributed by atoms with Crippen LogP contribution in [0.3, 0.4) is 0 Å². The first kappa shape index (κ1) is 23.3. The fourth-order valence-electron chi connectivity index (χ4n) is 3.98. The predicted molar refractivity (Wildman–Crippen MR) is 139 cm³/mol. The minimum Gasteiger partial charge on any atom is -0.356 e. The van der Waals surface area contributed by atoms with Gasteiger partial charge in [0.2, 0.25) is 15.7 Å². The summed E-state index contributed by atoms with van der Waals surface area (Å²) in [4.78, 5) is 12.9. The summed E-state index contributed by atoms with van der Waals surface area (Å²) in [6.45, 7) is -0.0799. The van der Waals surface area contributed by atoms with Crippen LogP contribution in [0.1, 0.15) is 0 Å². The topological polar surface area (TPSA) is 80.2 Å². The number of hydrogen-bond acceptors (Lipinski definition) is 4. The largest absolute Gasteiger partial charge is 0.356 e. The van der Waals surface area contributed by atoms with Crippen molar-refractivity contribution in [2.24, 2.45) is 0 Å². The fourth-order valence-corrected chi connectivity index (χ4v) is 5.46. The van der Waals surface area contributed by atoms with Gasteiger partial charge >= 0.3 is 0 Å². The third kappa shape index (κ3) is 4.85. The smallest absolute Gasteiger partial charge is 0.244 e. The Morgan fingerprint density at radius 3 is 2.08 bits per heavy atom. The molecule has 0 saturated heterocycles. The van der Waals surface area contributed by atoms with E-state index in [-0.39, 0.29) is 22.2 Å². The highest BCUT2D eigenvalue weighted by Gasteiger charge is 2.24. The number of rotatable bonds is 7. The third-order valence-electron chi connectivity index (χ3n) is 5.71. The zero-order valence-corrected chi connectivity index (χ0v) is 19.9. The first-order valence-corrected chi connectivity index (χ1v) is 12.7. The number of nitrogens with zero attached hydrogens (tertiary/aromatic N) is 1. The van der Waals surface area contributed by atoms with Gasteiger partial charge in [-0.25, -0.2) is 12.8 Å². The van der Waals surface area contributed by atoms with Crippen molar-refractivity contribution in [1.82, 2.24) is 4.57 Å². The van der Waals surface area contributed by atoms with Gasteiger partial charge in [-0.15, -0.1) is 0 Å². The van der Waals surface area contributed by atoms with Gasteiger partial charge < -0.3 is 15.2 Å². The molecule has 0 unspecified atom stereocenters. The molecule has 5 rings (SSSR count). The Bertz CT molecular complexity index is 1630. The molecule has 0 saturated carbocycles. The van der Waals surface area contributed by atoms with Crippen LogP contribution in [-0.4, -0.2) is 18.9 Å². The first-order chi connectivity index (χ1) is 17.4. The molecule has 8 heteroatoms. The molecule has 36 heavy (non-hydrogen) atoms. The lowest BCUT2D eigenvalue weighted by atomic mass is 10.2. The molecule has 0 fully saturated rings. The van der Waals surface area contributed by atoms with Crippen LogP contribution in [0.15, 0.2) is 119 Å². The number of carbonyl (C=O) groups is 1. The standard InChI is InChI=1S/C28H22FN3O3S/c29-20-10-16-24(17-11-20)36(34,35)27-18-32(26-9-5-4-8-25(26)27)19-28(33)31-23-14-12-22(13-15-23)30-21-6-2-1-3-7-21/h1-18,30H,19H2,(H,31,33). The van der Waals surface area contributed by atoms with Crippen molar-refractivity contribution in [3.05, 3.63) is 115 Å². The maximum absolute atomic E-state index is 13.3. The lowest BCUT2D eigenvalue weighted by Gasteiger charge is -2.09. The van der Waals surface area contributed by atoms with E-state index in [1.54, 1.807) is 41.0 Å². The van der Waals surface area contributed by atoms with Crippen molar-refractivity contribution < 1.29 is 17.6 Å². The third-order valence-corrected chi connectivity index (χ3v) is 7.51. The van der Waals surface area contributed by atoms with Gasteiger partial charge in [0, 0.05) is 34.2 Å². The quantitative estimate of drug-likeness (QED) is 0.269. The van der Waals surface area contributed by atoms with E-state index < -0.39 is 15.7 Å². The summed E-state index contributed by atoms with van der Waals surface area (Å²) < 4.78 is 41.5. The number of sulfone groups is 1. The Morgan fingerprint density at radius 2 is 1.36 bits per heavy atom. The number of aromatic nitrogens is 1. The molecule has 1 amide bonds. The highest BCUT2D eigenvalue weighted by molar-refractivity contribution is 7.91. The highest BCUT2D eigenvalue weighted by atomic mass is 32.2. The van der Waals surface area contributed by atoms with Crippen molar-refractivity contribution in [2.75, 3.05) is 10.6 Å². The molecule has 1 aromatic heterocycles. The molecule has 0 radical (unpaired) electrons. The SMILES string of the molecule is O=C(Cn1cc(S(=O)(=O)c2ccc(F)cc2)c2ccccc21)Nc1ccc(Nc2ccccc2)cc1. The van der Waals surface area contributed by atoms with Crippen LogP contribution in [0.5, 0.6) is 0 Å². The van der Waals surface area contributed by atoms with Crippen molar-refractivity contribution in [3.63, 3.8) is 0 Å². The number of nitrogens with one attached hydrogen (secondary N) is 2. The van der Waals surface area contributed by atoms with E-state index >= 15 is 0 Å². The molecule has 6 nitrogen and oxygen atoms in total. The molecule has 4 aromatic carbocycles. The number of amides is 1. The second kappa shape index (κ2) is 9.67. The monoisotopic (exact) mass is 499 g/mol. The fraction of sp³-hybridized carbons (Fsp3) is 0.0357. The Hall–Kier alpha value is -4.43. The number of carbonyl (C=O) groups excluding carboxylic acids is 1. The zero-order valence-electron chi connectivity index (χ0n) is 19.1. The molecule has 0 atom stereocenters. The van der Waals surface area contributed by atoms with Crippen LogP contribution in [0.4, 0.5) is 21.5 Å². The molecule has 180 valence electrons. The average Bonchev–Trinajstić information content (AvgIpc) is 3.25. The summed E-state index contributed by atoms with van der Waals surface area (Å²) in [5.74, 6) is -0.817. The van der Waals surface area contributed by atoms with Crippen molar-refractivity contribution >= 4 is 43.7 Å².